The molecule has 2 rings (SSSR count). The standard InChI is InChI=1S/C9H8N2O2.C8H8INO2/c1-5-2-6(4-10)3-7(8(5)11)9(12)13;1-4-2-5(9)3-6(7(4)10)8(11)12/h2-3H,11H2,1H3,(H,12,13);2-3H,10H2,1H3,(H,11,12). The number of carbonyl (C=O) groups is 2. The summed E-state index contributed by atoms with van der Waals surface area (Å²) >= 11 is 2.06. The maximum atomic E-state index is 10.7. The Hall–Kier alpha value is -2.80. The molecule has 130 valence electrons. The van der Waals surface area contributed by atoms with Gasteiger partial charge in [0.05, 0.1) is 22.8 Å². The number of aryl methyl sites for hydroxylation is 2. The second-order valence-corrected chi connectivity index (χ2v) is 6.41. The van der Waals surface area contributed by atoms with E-state index in [-0.39, 0.29) is 16.8 Å². The van der Waals surface area contributed by atoms with E-state index in [0.29, 0.717) is 16.8 Å². The van der Waals surface area contributed by atoms with Crippen molar-refractivity contribution >= 4 is 45.9 Å². The maximum Gasteiger partial charge on any atom is 0.337 e. The minimum atomic E-state index is -1.11. The van der Waals surface area contributed by atoms with Gasteiger partial charge in [-0.1, -0.05) is 0 Å². The zero-order chi connectivity index (χ0) is 19.3. The Morgan fingerprint density at radius 1 is 0.960 bits per heavy atom. The molecule has 2 aromatic rings. The van der Waals surface area contributed by atoms with E-state index in [4.69, 9.17) is 26.9 Å². The largest absolute Gasteiger partial charge is 0.478 e. The Morgan fingerprint density at radius 3 is 1.84 bits per heavy atom. The zero-order valence-corrected chi connectivity index (χ0v) is 15.7. The van der Waals surface area contributed by atoms with Crippen LogP contribution in [0.5, 0.6) is 0 Å². The zero-order valence-electron chi connectivity index (χ0n) is 13.5. The van der Waals surface area contributed by atoms with Crippen LogP contribution in [0.4, 0.5) is 11.4 Å². The average Bonchev–Trinajstić information content (AvgIpc) is 2.53. The van der Waals surface area contributed by atoms with Crippen molar-refractivity contribution in [1.29, 1.82) is 5.26 Å². The van der Waals surface area contributed by atoms with Gasteiger partial charge in [-0.05, 0) is 71.8 Å². The molecule has 0 aliphatic rings. The van der Waals surface area contributed by atoms with Crippen LogP contribution in [0, 0.1) is 28.7 Å². The predicted molar refractivity (Wildman–Crippen MR) is 103 cm³/mol. The van der Waals surface area contributed by atoms with Crippen LogP contribution in [-0.4, -0.2) is 22.2 Å². The van der Waals surface area contributed by atoms with Crippen LogP contribution in [0.3, 0.4) is 0 Å². The number of carboxylic acids is 2. The summed E-state index contributed by atoms with van der Waals surface area (Å²) in [7, 11) is 0. The van der Waals surface area contributed by atoms with Gasteiger partial charge < -0.3 is 21.7 Å². The number of hydrogen-bond donors (Lipinski definition) is 4. The van der Waals surface area contributed by atoms with E-state index in [0.717, 1.165) is 9.13 Å². The quantitative estimate of drug-likeness (QED) is 0.403. The monoisotopic (exact) mass is 453 g/mol. The summed E-state index contributed by atoms with van der Waals surface area (Å²) in [6, 6.07) is 8.11. The summed E-state index contributed by atoms with van der Waals surface area (Å²) < 4.78 is 0.886. The second-order valence-electron chi connectivity index (χ2n) is 5.16. The smallest absolute Gasteiger partial charge is 0.337 e. The highest BCUT2D eigenvalue weighted by Crippen LogP contribution is 2.20. The molecule has 0 aliphatic carbocycles. The number of benzene rings is 2. The van der Waals surface area contributed by atoms with Crippen molar-refractivity contribution in [3.8, 4) is 6.07 Å². The molecule has 2 aromatic carbocycles. The van der Waals surface area contributed by atoms with Gasteiger partial charge in [-0.15, -0.1) is 0 Å². The van der Waals surface area contributed by atoms with Crippen LogP contribution in [0.15, 0.2) is 24.3 Å². The Balaban J connectivity index is 0.000000251. The molecular formula is C17H16IN3O4. The van der Waals surface area contributed by atoms with Gasteiger partial charge in [0.1, 0.15) is 0 Å². The number of halogens is 1. The lowest BCUT2D eigenvalue weighted by molar-refractivity contribution is 0.0687. The van der Waals surface area contributed by atoms with E-state index in [1.807, 2.05) is 12.1 Å². The minimum Gasteiger partial charge on any atom is -0.478 e. The van der Waals surface area contributed by atoms with Crippen LogP contribution < -0.4 is 11.5 Å². The lowest BCUT2D eigenvalue weighted by Crippen LogP contribution is -2.04. The number of aromatic carboxylic acids is 2. The van der Waals surface area contributed by atoms with E-state index in [2.05, 4.69) is 22.6 Å². The third-order valence-corrected chi connectivity index (χ3v) is 3.95. The molecule has 0 heterocycles. The average molecular weight is 453 g/mol. The van der Waals surface area contributed by atoms with E-state index in [1.54, 1.807) is 26.0 Å². The molecule has 0 fully saturated rings. The Bertz CT molecular complexity index is 888. The van der Waals surface area contributed by atoms with Gasteiger partial charge in [-0.2, -0.15) is 5.26 Å². The molecule has 0 unspecified atom stereocenters. The highest BCUT2D eigenvalue weighted by molar-refractivity contribution is 14.1. The maximum absolute atomic E-state index is 10.7. The van der Waals surface area contributed by atoms with Crippen molar-refractivity contribution in [2.24, 2.45) is 0 Å². The summed E-state index contributed by atoms with van der Waals surface area (Å²) in [4.78, 5) is 21.3. The summed E-state index contributed by atoms with van der Waals surface area (Å²) in [6.07, 6.45) is 0. The molecule has 0 bridgehead atoms. The lowest BCUT2D eigenvalue weighted by atomic mass is 10.0. The topological polar surface area (TPSA) is 150 Å². The normalized spacial score (nSPS) is 9.52. The second kappa shape index (κ2) is 8.34. The van der Waals surface area contributed by atoms with Gasteiger partial charge in [-0.3, -0.25) is 0 Å². The Kier molecular flexibility index (Phi) is 6.76. The van der Waals surface area contributed by atoms with Gasteiger partial charge in [0, 0.05) is 14.9 Å². The number of nitrogen functional groups attached to an aromatic ring is 2. The Morgan fingerprint density at radius 2 is 1.40 bits per heavy atom. The molecule has 0 amide bonds. The number of nitriles is 1. The highest BCUT2D eigenvalue weighted by Gasteiger charge is 2.11. The van der Waals surface area contributed by atoms with Crippen LogP contribution in [0.2, 0.25) is 0 Å². The number of rotatable bonds is 2. The van der Waals surface area contributed by atoms with Crippen molar-refractivity contribution in [2.75, 3.05) is 11.5 Å². The first kappa shape index (κ1) is 20.2. The molecule has 6 N–H and O–H groups in total. The molecule has 0 atom stereocenters. The molecule has 25 heavy (non-hydrogen) atoms. The molecule has 0 saturated carbocycles. The molecular weight excluding hydrogens is 437 g/mol. The Labute approximate surface area is 158 Å². The van der Waals surface area contributed by atoms with Gasteiger partial charge in [0.25, 0.3) is 0 Å². The van der Waals surface area contributed by atoms with E-state index < -0.39 is 11.9 Å². The number of nitrogens with two attached hydrogens (primary N) is 2. The summed E-state index contributed by atoms with van der Waals surface area (Å²) in [5.41, 5.74) is 13.5. The number of anilines is 2. The van der Waals surface area contributed by atoms with Crippen LogP contribution in [0.1, 0.15) is 37.4 Å². The summed E-state index contributed by atoms with van der Waals surface area (Å²) in [5.74, 6) is -2.09. The van der Waals surface area contributed by atoms with Crippen molar-refractivity contribution in [1.82, 2.24) is 0 Å². The fourth-order valence-corrected chi connectivity index (χ4v) is 2.75. The van der Waals surface area contributed by atoms with Crippen molar-refractivity contribution in [3.63, 3.8) is 0 Å². The summed E-state index contributed by atoms with van der Waals surface area (Å²) in [5, 5.41) is 26.0. The summed E-state index contributed by atoms with van der Waals surface area (Å²) in [6.45, 7) is 3.46. The SMILES string of the molecule is Cc1cc(C#N)cc(C(=O)O)c1N.Cc1cc(I)cc(C(=O)O)c1N. The van der Waals surface area contributed by atoms with Crippen LogP contribution >= 0.6 is 22.6 Å². The van der Waals surface area contributed by atoms with Gasteiger partial charge in [-0.25, -0.2) is 9.59 Å². The van der Waals surface area contributed by atoms with Gasteiger partial charge in [0.15, 0.2) is 0 Å². The van der Waals surface area contributed by atoms with E-state index in [1.165, 1.54) is 6.07 Å². The van der Waals surface area contributed by atoms with Crippen molar-refractivity contribution in [2.45, 2.75) is 13.8 Å². The van der Waals surface area contributed by atoms with Gasteiger partial charge in [0.2, 0.25) is 0 Å². The third-order valence-electron chi connectivity index (χ3n) is 3.33. The molecule has 0 spiro atoms. The third kappa shape index (κ3) is 5.09. The van der Waals surface area contributed by atoms with Crippen LogP contribution in [0.25, 0.3) is 0 Å². The predicted octanol–water partition coefficient (Wildman–Crippen LogP) is 3.03. The van der Waals surface area contributed by atoms with Gasteiger partial charge >= 0.3 is 11.9 Å². The van der Waals surface area contributed by atoms with Crippen LogP contribution in [-0.2, 0) is 0 Å². The molecule has 0 radical (unpaired) electrons. The molecule has 7 nitrogen and oxygen atoms in total. The first-order valence-electron chi connectivity index (χ1n) is 6.90. The lowest BCUT2D eigenvalue weighted by Gasteiger charge is -2.04. The molecule has 8 heteroatoms. The highest BCUT2D eigenvalue weighted by atomic mass is 127. The number of nitrogens with zero attached hydrogens (tertiary/aromatic N) is 1. The number of carboxylic acid groups (broad SMARTS) is 2. The van der Waals surface area contributed by atoms with E-state index >= 15 is 0 Å². The fraction of sp³-hybridized carbons (Fsp3) is 0.118. The molecule has 0 aliphatic heterocycles. The van der Waals surface area contributed by atoms with Crippen molar-refractivity contribution < 1.29 is 19.8 Å². The fourth-order valence-electron chi connectivity index (χ4n) is 1.97. The number of hydrogen-bond acceptors (Lipinski definition) is 5. The molecule has 0 saturated heterocycles. The van der Waals surface area contributed by atoms with E-state index in [9.17, 15) is 9.59 Å². The first-order chi connectivity index (χ1) is 11.6. The first-order valence-corrected chi connectivity index (χ1v) is 7.98. The van der Waals surface area contributed by atoms with Crippen molar-refractivity contribution in [3.05, 3.63) is 55.7 Å². The minimum absolute atomic E-state index is 0.0171. The molecule has 0 aromatic heterocycles.